The normalized spacial score (nSPS) is 11.0. The summed E-state index contributed by atoms with van der Waals surface area (Å²) in [7, 11) is 0. The largest absolute Gasteiger partial charge is 0.300 e. The number of nitrogens with zero attached hydrogens (tertiary/aromatic N) is 2. The van der Waals surface area contributed by atoms with Gasteiger partial charge in [0.05, 0.1) is 5.39 Å². The maximum atomic E-state index is 12.9. The Bertz CT molecular complexity index is 990. The van der Waals surface area contributed by atoms with Crippen LogP contribution in [0.1, 0.15) is 19.8 Å². The Hall–Kier alpha value is -2.18. The second-order valence-corrected chi connectivity index (χ2v) is 8.04. The Kier molecular flexibility index (Phi) is 6.06. The first-order chi connectivity index (χ1) is 12.6. The molecule has 0 N–H and O–H groups in total. The van der Waals surface area contributed by atoms with Crippen LogP contribution in [-0.4, -0.2) is 21.1 Å². The highest BCUT2D eigenvalue weighted by Gasteiger charge is 2.14. The number of aromatic nitrogens is 2. The molecular weight excluding hydrogens is 364 g/mol. The van der Waals surface area contributed by atoms with Crippen molar-refractivity contribution < 1.29 is 4.79 Å². The summed E-state index contributed by atoms with van der Waals surface area (Å²) in [6.45, 7) is 5.77. The molecule has 1 aromatic carbocycles. The maximum Gasteiger partial charge on any atom is 0.263 e. The van der Waals surface area contributed by atoms with Gasteiger partial charge >= 0.3 is 0 Å². The van der Waals surface area contributed by atoms with E-state index in [9.17, 15) is 9.59 Å². The van der Waals surface area contributed by atoms with Crippen molar-refractivity contribution in [2.75, 3.05) is 5.75 Å². The lowest BCUT2D eigenvalue weighted by molar-refractivity contribution is -0.117. The van der Waals surface area contributed by atoms with Crippen molar-refractivity contribution in [3.05, 3.63) is 59.4 Å². The highest BCUT2D eigenvalue weighted by molar-refractivity contribution is 7.99. The van der Waals surface area contributed by atoms with Crippen molar-refractivity contribution in [2.24, 2.45) is 0 Å². The summed E-state index contributed by atoms with van der Waals surface area (Å²) in [6, 6.07) is 11.9. The number of hydrogen-bond acceptors (Lipinski definition) is 5. The highest BCUT2D eigenvalue weighted by Crippen LogP contribution is 2.32. The summed E-state index contributed by atoms with van der Waals surface area (Å²) in [4.78, 5) is 30.6. The Labute approximate surface area is 160 Å². The molecule has 0 unspecified atom stereocenters. The number of hydrogen-bond donors (Lipinski definition) is 0. The topological polar surface area (TPSA) is 52.0 Å². The van der Waals surface area contributed by atoms with Crippen molar-refractivity contribution in [2.45, 2.75) is 31.5 Å². The Morgan fingerprint density at radius 3 is 2.81 bits per heavy atom. The molecule has 2 heterocycles. The molecule has 3 rings (SSSR count). The number of ketones is 1. The Morgan fingerprint density at radius 2 is 2.12 bits per heavy atom. The minimum atomic E-state index is -0.0394. The lowest BCUT2D eigenvalue weighted by atomic mass is 10.2. The van der Waals surface area contributed by atoms with Crippen LogP contribution in [0.25, 0.3) is 20.7 Å². The number of rotatable bonds is 8. The van der Waals surface area contributed by atoms with E-state index >= 15 is 0 Å². The summed E-state index contributed by atoms with van der Waals surface area (Å²) < 4.78 is 1.66. The molecular formula is C20H20N2O2S2. The number of thioether (sulfide) groups is 1. The fraction of sp³-hybridized carbons (Fsp3) is 0.250. The van der Waals surface area contributed by atoms with Crippen molar-refractivity contribution >= 4 is 39.1 Å². The van der Waals surface area contributed by atoms with Gasteiger partial charge in [-0.25, -0.2) is 4.98 Å². The van der Waals surface area contributed by atoms with Gasteiger partial charge in [-0.3, -0.25) is 9.36 Å². The first kappa shape index (κ1) is 18.6. The fourth-order valence-electron chi connectivity index (χ4n) is 2.63. The van der Waals surface area contributed by atoms with E-state index in [2.05, 4.69) is 6.58 Å². The number of carbonyl (C=O) groups excluding carboxylic acids is 1. The van der Waals surface area contributed by atoms with Crippen molar-refractivity contribution in [3.63, 3.8) is 0 Å². The molecule has 0 amide bonds. The third-order valence-electron chi connectivity index (χ3n) is 3.89. The molecule has 0 aliphatic carbocycles. The molecule has 0 aliphatic rings. The van der Waals surface area contributed by atoms with Gasteiger partial charge in [0, 0.05) is 23.6 Å². The minimum Gasteiger partial charge on any atom is -0.300 e. The van der Waals surface area contributed by atoms with Crippen LogP contribution in [0.4, 0.5) is 0 Å². The van der Waals surface area contributed by atoms with Gasteiger partial charge in [0.2, 0.25) is 0 Å². The van der Waals surface area contributed by atoms with Gasteiger partial charge in [-0.15, -0.1) is 17.9 Å². The van der Waals surface area contributed by atoms with E-state index in [4.69, 9.17) is 4.98 Å². The average Bonchev–Trinajstić information content (AvgIpc) is 3.07. The van der Waals surface area contributed by atoms with Crippen LogP contribution < -0.4 is 5.56 Å². The Balaban J connectivity index is 1.98. The lowest BCUT2D eigenvalue weighted by Crippen LogP contribution is -2.22. The van der Waals surface area contributed by atoms with Crippen LogP contribution in [0, 0.1) is 0 Å². The molecule has 0 bridgehead atoms. The molecule has 4 nitrogen and oxygen atoms in total. The number of benzene rings is 1. The van der Waals surface area contributed by atoms with Gasteiger partial charge in [0.25, 0.3) is 5.56 Å². The molecule has 0 atom stereocenters. The molecule has 0 saturated carbocycles. The van der Waals surface area contributed by atoms with Crippen LogP contribution >= 0.6 is 23.1 Å². The van der Waals surface area contributed by atoms with Gasteiger partial charge in [0.15, 0.2) is 5.16 Å². The first-order valence-corrected chi connectivity index (χ1v) is 10.2. The summed E-state index contributed by atoms with van der Waals surface area (Å²) in [5, 5.41) is 1.33. The van der Waals surface area contributed by atoms with Gasteiger partial charge in [0.1, 0.15) is 10.6 Å². The summed E-state index contributed by atoms with van der Waals surface area (Å²) in [5.41, 5.74) is 1.04. The van der Waals surface area contributed by atoms with Crippen LogP contribution in [0.2, 0.25) is 0 Å². The Morgan fingerprint density at radius 1 is 1.35 bits per heavy atom. The minimum absolute atomic E-state index is 0.0394. The number of thiophene rings is 1. The predicted molar refractivity (Wildman–Crippen MR) is 110 cm³/mol. The predicted octanol–water partition coefficient (Wildman–Crippen LogP) is 4.77. The van der Waals surface area contributed by atoms with Crippen LogP contribution in [0.3, 0.4) is 0 Å². The monoisotopic (exact) mass is 384 g/mol. The van der Waals surface area contributed by atoms with Crippen LogP contribution in [-0.2, 0) is 11.3 Å². The first-order valence-electron chi connectivity index (χ1n) is 8.43. The zero-order valence-electron chi connectivity index (χ0n) is 14.6. The van der Waals surface area contributed by atoms with E-state index in [-0.39, 0.29) is 11.3 Å². The molecule has 26 heavy (non-hydrogen) atoms. The van der Waals surface area contributed by atoms with Crippen molar-refractivity contribution in [1.29, 1.82) is 0 Å². The van der Waals surface area contributed by atoms with E-state index in [1.165, 1.54) is 23.1 Å². The van der Waals surface area contributed by atoms with E-state index < -0.39 is 0 Å². The van der Waals surface area contributed by atoms with Crippen molar-refractivity contribution in [1.82, 2.24) is 9.55 Å². The zero-order chi connectivity index (χ0) is 18.5. The molecule has 0 aliphatic heterocycles. The third kappa shape index (κ3) is 4.14. The van der Waals surface area contributed by atoms with Gasteiger partial charge in [-0.2, -0.15) is 0 Å². The summed E-state index contributed by atoms with van der Waals surface area (Å²) in [5.74, 6) is 0.939. The smallest absolute Gasteiger partial charge is 0.263 e. The third-order valence-corrected chi connectivity index (χ3v) is 6.03. The molecule has 0 radical (unpaired) electrons. The molecule has 2 aromatic heterocycles. The van der Waals surface area contributed by atoms with E-state index in [1.807, 2.05) is 36.4 Å². The van der Waals surface area contributed by atoms with Gasteiger partial charge in [-0.05, 0) is 25.0 Å². The molecule has 0 saturated heterocycles. The summed E-state index contributed by atoms with van der Waals surface area (Å²) >= 11 is 3.05. The quantitative estimate of drug-likeness (QED) is 0.243. The summed E-state index contributed by atoms with van der Waals surface area (Å²) in [6.07, 6.45) is 3.04. The average molecular weight is 385 g/mol. The lowest BCUT2D eigenvalue weighted by Gasteiger charge is -2.09. The number of carbonyl (C=O) groups is 1. The molecule has 3 aromatic rings. The van der Waals surface area contributed by atoms with Gasteiger partial charge < -0.3 is 4.79 Å². The standard InChI is InChI=1S/C20H20N2O2S2/c1-3-11-22-19(24)16-13-17(15-9-5-4-6-10-15)26-18(16)21-20(22)25-12-7-8-14(2)23/h3-6,9-10,13H,1,7-8,11-12H2,2H3. The zero-order valence-corrected chi connectivity index (χ0v) is 16.2. The molecule has 0 fully saturated rings. The van der Waals surface area contributed by atoms with E-state index in [0.717, 1.165) is 27.4 Å². The maximum absolute atomic E-state index is 12.9. The molecule has 6 heteroatoms. The molecule has 134 valence electrons. The number of Topliss-reactive ketones (excluding diaryl/α,β-unsaturated/α-hetero) is 1. The number of allylic oxidation sites excluding steroid dienone is 1. The van der Waals surface area contributed by atoms with Crippen LogP contribution in [0.15, 0.2) is 59.0 Å². The SMILES string of the molecule is C=CCn1c(SCCCC(C)=O)nc2sc(-c3ccccc3)cc2c1=O. The molecule has 0 spiro atoms. The van der Waals surface area contributed by atoms with Crippen LogP contribution in [0.5, 0.6) is 0 Å². The second-order valence-electron chi connectivity index (χ2n) is 5.95. The van der Waals surface area contributed by atoms with E-state index in [1.54, 1.807) is 17.6 Å². The second kappa shape index (κ2) is 8.47. The van der Waals surface area contributed by atoms with E-state index in [0.29, 0.717) is 23.5 Å². The van der Waals surface area contributed by atoms with Crippen molar-refractivity contribution in [3.8, 4) is 10.4 Å². The van der Waals surface area contributed by atoms with Gasteiger partial charge in [-0.1, -0.05) is 48.2 Å². The highest BCUT2D eigenvalue weighted by atomic mass is 32.2. The number of fused-ring (bicyclic) bond motifs is 1. The fourth-order valence-corrected chi connectivity index (χ4v) is 4.65.